The van der Waals surface area contributed by atoms with Crippen LogP contribution in [0.3, 0.4) is 0 Å². The van der Waals surface area contributed by atoms with Gasteiger partial charge in [0, 0.05) is 25.3 Å². The fourth-order valence-electron chi connectivity index (χ4n) is 2.32. The van der Waals surface area contributed by atoms with Gasteiger partial charge in [0.05, 0.1) is 21.7 Å². The molecule has 0 fully saturated rings. The highest BCUT2D eigenvalue weighted by molar-refractivity contribution is 7.92. The number of fused-ring (bicyclic) bond motifs is 1. The van der Waals surface area contributed by atoms with Crippen molar-refractivity contribution in [2.24, 2.45) is 4.40 Å². The van der Waals surface area contributed by atoms with Crippen molar-refractivity contribution in [2.45, 2.75) is 17.7 Å². The number of non-ortho nitro benzene ring substituents is 1. The first-order valence-electron chi connectivity index (χ1n) is 7.62. The van der Waals surface area contributed by atoms with E-state index in [0.717, 1.165) is 22.7 Å². The fourth-order valence-corrected chi connectivity index (χ4v) is 5.58. The number of thiophene rings is 1. The molecule has 3 aromatic rings. The summed E-state index contributed by atoms with van der Waals surface area (Å²) in [5.74, 6) is 0. The van der Waals surface area contributed by atoms with E-state index < -0.39 is 14.9 Å². The Bertz CT molecular complexity index is 1100. The minimum atomic E-state index is -3.84. The Morgan fingerprint density at radius 3 is 2.81 bits per heavy atom. The molecule has 0 aliphatic rings. The van der Waals surface area contributed by atoms with Crippen LogP contribution in [0.4, 0.5) is 5.69 Å². The lowest BCUT2D eigenvalue weighted by Gasteiger charge is -2.05. The van der Waals surface area contributed by atoms with E-state index in [2.05, 4.69) is 4.40 Å². The van der Waals surface area contributed by atoms with Crippen molar-refractivity contribution in [3.63, 3.8) is 0 Å². The summed E-state index contributed by atoms with van der Waals surface area (Å²) in [4.78, 5) is 10.8. The third-order valence-electron chi connectivity index (χ3n) is 3.49. The second-order valence-electron chi connectivity index (χ2n) is 5.14. The normalized spacial score (nSPS) is 12.7. The monoisotopic (exact) mass is 413 g/mol. The standard InChI is InChI=1S/C15H15N3O5S3/c1-2-23-8-7-17-12-6-5-11(18(19)20)10-13(12)25-15(17)16-26(21,22)14-4-3-9-24-14/h3-6,9-10H,2,7-8H2,1H3/b16-15-. The van der Waals surface area contributed by atoms with Gasteiger partial charge in [0.1, 0.15) is 4.21 Å². The van der Waals surface area contributed by atoms with Crippen LogP contribution >= 0.6 is 22.7 Å². The molecule has 0 aliphatic heterocycles. The Kier molecular flexibility index (Phi) is 5.51. The summed E-state index contributed by atoms with van der Waals surface area (Å²) in [6.07, 6.45) is 0. The Balaban J connectivity index is 2.17. The topological polar surface area (TPSA) is 104 Å². The predicted octanol–water partition coefficient (Wildman–Crippen LogP) is 3.00. The van der Waals surface area contributed by atoms with E-state index in [1.54, 1.807) is 22.1 Å². The second kappa shape index (κ2) is 7.66. The van der Waals surface area contributed by atoms with Crippen molar-refractivity contribution in [1.29, 1.82) is 0 Å². The highest BCUT2D eigenvalue weighted by Gasteiger charge is 2.17. The summed E-state index contributed by atoms with van der Waals surface area (Å²) in [7, 11) is -3.84. The van der Waals surface area contributed by atoms with Crippen LogP contribution in [0.1, 0.15) is 6.92 Å². The van der Waals surface area contributed by atoms with Crippen LogP contribution in [0.15, 0.2) is 44.3 Å². The zero-order chi connectivity index (χ0) is 18.7. The molecule has 0 N–H and O–H groups in total. The number of nitro groups is 1. The van der Waals surface area contributed by atoms with Gasteiger partial charge < -0.3 is 9.30 Å². The number of nitrogens with zero attached hydrogens (tertiary/aromatic N) is 3. The largest absolute Gasteiger partial charge is 0.380 e. The number of nitro benzene ring substituents is 1. The third-order valence-corrected chi connectivity index (χ3v) is 7.28. The first kappa shape index (κ1) is 18.7. The quantitative estimate of drug-likeness (QED) is 0.336. The summed E-state index contributed by atoms with van der Waals surface area (Å²) in [6, 6.07) is 7.56. The van der Waals surface area contributed by atoms with E-state index in [1.807, 2.05) is 6.92 Å². The van der Waals surface area contributed by atoms with Crippen LogP contribution in [0.25, 0.3) is 10.2 Å². The van der Waals surface area contributed by atoms with Crippen molar-refractivity contribution in [1.82, 2.24) is 4.57 Å². The Labute approximate surface area is 157 Å². The number of rotatable bonds is 7. The van der Waals surface area contributed by atoms with Gasteiger partial charge in [0.25, 0.3) is 15.7 Å². The summed E-state index contributed by atoms with van der Waals surface area (Å²) in [6.45, 7) is 3.18. The van der Waals surface area contributed by atoms with Gasteiger partial charge in [-0.3, -0.25) is 10.1 Å². The molecule has 1 aromatic carbocycles. The number of hydrogen-bond acceptors (Lipinski definition) is 7. The third kappa shape index (κ3) is 3.85. The van der Waals surface area contributed by atoms with E-state index in [4.69, 9.17) is 4.74 Å². The number of aromatic nitrogens is 1. The van der Waals surface area contributed by atoms with Gasteiger partial charge in [-0.25, -0.2) is 0 Å². The van der Waals surface area contributed by atoms with Crippen molar-refractivity contribution in [3.05, 3.63) is 50.6 Å². The summed E-state index contributed by atoms with van der Waals surface area (Å²) >= 11 is 2.19. The number of sulfonamides is 1. The van der Waals surface area contributed by atoms with Crippen LogP contribution in [-0.2, 0) is 21.3 Å². The maximum absolute atomic E-state index is 12.5. The Hall–Kier alpha value is -2.08. The van der Waals surface area contributed by atoms with Gasteiger partial charge in [-0.1, -0.05) is 17.4 Å². The summed E-state index contributed by atoms with van der Waals surface area (Å²) in [5.41, 5.74) is 0.629. The number of benzene rings is 1. The fraction of sp³-hybridized carbons (Fsp3) is 0.267. The first-order chi connectivity index (χ1) is 12.4. The van der Waals surface area contributed by atoms with Gasteiger partial charge >= 0.3 is 0 Å². The number of thiazole rings is 1. The highest BCUT2D eigenvalue weighted by atomic mass is 32.2. The zero-order valence-corrected chi connectivity index (χ0v) is 16.1. The molecule has 0 unspecified atom stereocenters. The van der Waals surface area contributed by atoms with Crippen LogP contribution in [-0.4, -0.2) is 31.1 Å². The molecule has 0 aliphatic carbocycles. The van der Waals surface area contributed by atoms with E-state index >= 15 is 0 Å². The minimum Gasteiger partial charge on any atom is -0.380 e. The van der Waals surface area contributed by atoms with Gasteiger partial charge in [0.2, 0.25) is 4.80 Å². The van der Waals surface area contributed by atoms with E-state index in [-0.39, 0.29) is 14.7 Å². The SMILES string of the molecule is CCOCCn1/c(=N/S(=O)(=O)c2cccs2)sc2cc([N+](=O)[O-])ccc21. The van der Waals surface area contributed by atoms with E-state index in [1.165, 1.54) is 18.2 Å². The van der Waals surface area contributed by atoms with Crippen LogP contribution in [0.2, 0.25) is 0 Å². The van der Waals surface area contributed by atoms with Crippen molar-refractivity contribution < 1.29 is 18.1 Å². The molecule has 0 saturated heterocycles. The molecular formula is C15H15N3O5S3. The lowest BCUT2D eigenvalue weighted by atomic mass is 10.3. The molecule has 0 bridgehead atoms. The van der Waals surface area contributed by atoms with Gasteiger partial charge in [-0.2, -0.15) is 8.42 Å². The molecule has 8 nitrogen and oxygen atoms in total. The van der Waals surface area contributed by atoms with Gasteiger partial charge in [-0.05, 0) is 24.4 Å². The molecule has 0 spiro atoms. The number of hydrogen-bond donors (Lipinski definition) is 0. The van der Waals surface area contributed by atoms with Crippen LogP contribution < -0.4 is 4.80 Å². The van der Waals surface area contributed by atoms with E-state index in [9.17, 15) is 18.5 Å². The zero-order valence-electron chi connectivity index (χ0n) is 13.7. The molecule has 26 heavy (non-hydrogen) atoms. The Morgan fingerprint density at radius 2 is 2.15 bits per heavy atom. The number of ether oxygens (including phenoxy) is 1. The molecule has 2 aromatic heterocycles. The summed E-state index contributed by atoms with van der Waals surface area (Å²) < 4.78 is 36.8. The van der Waals surface area contributed by atoms with Crippen LogP contribution in [0.5, 0.6) is 0 Å². The van der Waals surface area contributed by atoms with Crippen molar-refractivity contribution in [2.75, 3.05) is 13.2 Å². The van der Waals surface area contributed by atoms with Gasteiger partial charge in [0.15, 0.2) is 0 Å². The average molecular weight is 414 g/mol. The summed E-state index contributed by atoms with van der Waals surface area (Å²) in [5, 5.41) is 12.7. The molecule has 0 amide bonds. The second-order valence-corrected chi connectivity index (χ2v) is 8.93. The highest BCUT2D eigenvalue weighted by Crippen LogP contribution is 2.24. The molecule has 0 saturated carbocycles. The van der Waals surface area contributed by atoms with Gasteiger partial charge in [-0.15, -0.1) is 15.7 Å². The average Bonchev–Trinajstić information content (AvgIpc) is 3.23. The predicted molar refractivity (Wildman–Crippen MR) is 100 cm³/mol. The minimum absolute atomic E-state index is 0.0524. The maximum Gasteiger partial charge on any atom is 0.294 e. The Morgan fingerprint density at radius 1 is 1.35 bits per heavy atom. The smallest absolute Gasteiger partial charge is 0.294 e. The van der Waals surface area contributed by atoms with E-state index in [0.29, 0.717) is 30.0 Å². The molecule has 0 atom stereocenters. The lowest BCUT2D eigenvalue weighted by molar-refractivity contribution is -0.384. The lowest BCUT2D eigenvalue weighted by Crippen LogP contribution is -2.19. The molecule has 2 heterocycles. The van der Waals surface area contributed by atoms with Crippen molar-refractivity contribution in [3.8, 4) is 0 Å². The molecule has 11 heteroatoms. The molecule has 3 rings (SSSR count). The van der Waals surface area contributed by atoms with Crippen LogP contribution in [0, 0.1) is 10.1 Å². The molecule has 0 radical (unpaired) electrons. The van der Waals surface area contributed by atoms with Crippen molar-refractivity contribution >= 4 is 48.6 Å². The maximum atomic E-state index is 12.5. The molecular weight excluding hydrogens is 398 g/mol. The first-order valence-corrected chi connectivity index (χ1v) is 10.8. The molecule has 138 valence electrons.